The van der Waals surface area contributed by atoms with Crippen molar-refractivity contribution in [1.82, 2.24) is 14.9 Å². The minimum absolute atomic E-state index is 0.198. The molecule has 150 valence electrons. The topological polar surface area (TPSA) is 56.8 Å². The fourth-order valence-corrected chi connectivity index (χ4v) is 4.38. The maximum atomic E-state index is 11.9. The highest BCUT2D eigenvalue weighted by Gasteiger charge is 2.24. The van der Waals surface area contributed by atoms with Crippen LogP contribution >= 0.6 is 11.9 Å². The van der Waals surface area contributed by atoms with Crippen molar-refractivity contribution in [3.8, 4) is 0 Å². The van der Waals surface area contributed by atoms with E-state index in [9.17, 15) is 4.79 Å². The Morgan fingerprint density at radius 2 is 1.89 bits per heavy atom. The van der Waals surface area contributed by atoms with Gasteiger partial charge in [0.25, 0.3) is 0 Å². The van der Waals surface area contributed by atoms with E-state index in [-0.39, 0.29) is 12.1 Å². The standard InChI is InChI=1S/C20H32N4O2S/c1-20(2,3)26-19(25)22-16-7-11-24(12-8-16)27-18-6-4-5-17(15-18)23-13-9-21-10-14-23/h4-6,15-16,21H,7-14H2,1-3H3,(H,22,25). The number of hydrogen-bond acceptors (Lipinski definition) is 6. The van der Waals surface area contributed by atoms with E-state index in [1.165, 1.54) is 10.6 Å². The second-order valence-electron chi connectivity index (χ2n) is 8.18. The summed E-state index contributed by atoms with van der Waals surface area (Å²) in [7, 11) is 0. The van der Waals surface area contributed by atoms with Crippen molar-refractivity contribution in [2.24, 2.45) is 0 Å². The van der Waals surface area contributed by atoms with Crippen LogP contribution in [0.5, 0.6) is 0 Å². The molecular weight excluding hydrogens is 360 g/mol. The zero-order chi connectivity index (χ0) is 19.3. The fraction of sp³-hybridized carbons (Fsp3) is 0.650. The van der Waals surface area contributed by atoms with Gasteiger partial charge in [-0.05, 0) is 63.8 Å². The summed E-state index contributed by atoms with van der Waals surface area (Å²) in [6, 6.07) is 9.02. The summed E-state index contributed by atoms with van der Waals surface area (Å²) >= 11 is 1.82. The van der Waals surface area contributed by atoms with Crippen molar-refractivity contribution >= 4 is 23.7 Å². The van der Waals surface area contributed by atoms with Crippen LogP contribution in [0.25, 0.3) is 0 Å². The molecule has 1 aromatic rings. The number of benzene rings is 1. The van der Waals surface area contributed by atoms with Gasteiger partial charge in [-0.2, -0.15) is 0 Å². The maximum absolute atomic E-state index is 11.9. The molecule has 3 rings (SSSR count). The third-order valence-corrected chi connectivity index (χ3v) is 5.80. The van der Waals surface area contributed by atoms with E-state index in [1.54, 1.807) is 0 Å². The number of alkyl carbamates (subject to hydrolysis) is 1. The lowest BCUT2D eigenvalue weighted by Gasteiger charge is -2.32. The third kappa shape index (κ3) is 6.59. The molecule has 2 aliphatic heterocycles. The molecule has 27 heavy (non-hydrogen) atoms. The Kier molecular flexibility index (Phi) is 6.89. The highest BCUT2D eigenvalue weighted by molar-refractivity contribution is 7.97. The normalized spacial score (nSPS) is 19.7. The zero-order valence-corrected chi connectivity index (χ0v) is 17.5. The monoisotopic (exact) mass is 392 g/mol. The molecular formula is C20H32N4O2S. The first-order valence-electron chi connectivity index (χ1n) is 9.87. The number of carbonyl (C=O) groups excluding carboxylic acids is 1. The van der Waals surface area contributed by atoms with E-state index in [0.717, 1.165) is 52.1 Å². The van der Waals surface area contributed by atoms with Crippen LogP contribution in [-0.2, 0) is 4.74 Å². The van der Waals surface area contributed by atoms with Gasteiger partial charge in [-0.1, -0.05) is 6.07 Å². The van der Waals surface area contributed by atoms with Crippen molar-refractivity contribution in [3.05, 3.63) is 24.3 Å². The molecule has 2 fully saturated rings. The van der Waals surface area contributed by atoms with Crippen LogP contribution in [0.4, 0.5) is 10.5 Å². The molecule has 0 aliphatic carbocycles. The number of piperazine rings is 1. The predicted octanol–water partition coefficient (Wildman–Crippen LogP) is 3.09. The van der Waals surface area contributed by atoms with Crippen LogP contribution in [0, 0.1) is 0 Å². The molecule has 2 N–H and O–H groups in total. The Hall–Kier alpha value is -1.44. The number of hydrogen-bond donors (Lipinski definition) is 2. The Morgan fingerprint density at radius 1 is 1.19 bits per heavy atom. The summed E-state index contributed by atoms with van der Waals surface area (Å²) in [4.78, 5) is 15.7. The van der Waals surface area contributed by atoms with Crippen LogP contribution in [-0.4, -0.2) is 61.3 Å². The minimum Gasteiger partial charge on any atom is -0.444 e. The Morgan fingerprint density at radius 3 is 2.56 bits per heavy atom. The van der Waals surface area contributed by atoms with E-state index in [4.69, 9.17) is 4.74 Å². The molecule has 6 nitrogen and oxygen atoms in total. The van der Waals surface area contributed by atoms with Crippen molar-refractivity contribution in [1.29, 1.82) is 0 Å². The SMILES string of the molecule is CC(C)(C)OC(=O)NC1CCN(Sc2cccc(N3CCNCC3)c2)CC1. The Labute approximate surface area is 167 Å². The van der Waals surface area contributed by atoms with E-state index in [0.29, 0.717) is 0 Å². The maximum Gasteiger partial charge on any atom is 0.407 e. The molecule has 0 saturated carbocycles. The molecule has 1 amide bonds. The van der Waals surface area contributed by atoms with E-state index < -0.39 is 5.60 Å². The lowest BCUT2D eigenvalue weighted by atomic mass is 10.1. The molecule has 0 unspecified atom stereocenters. The van der Waals surface area contributed by atoms with Gasteiger partial charge in [0.1, 0.15) is 5.60 Å². The highest BCUT2D eigenvalue weighted by atomic mass is 32.2. The number of rotatable bonds is 4. The largest absolute Gasteiger partial charge is 0.444 e. The summed E-state index contributed by atoms with van der Waals surface area (Å²) in [6.45, 7) is 11.8. The van der Waals surface area contributed by atoms with Crippen LogP contribution in [0.15, 0.2) is 29.2 Å². The molecule has 2 aliphatic rings. The zero-order valence-electron chi connectivity index (χ0n) is 16.7. The fourth-order valence-electron chi connectivity index (χ4n) is 3.37. The molecule has 0 bridgehead atoms. The third-order valence-electron chi connectivity index (χ3n) is 4.71. The molecule has 2 saturated heterocycles. The smallest absolute Gasteiger partial charge is 0.407 e. The first kappa shape index (κ1) is 20.3. The van der Waals surface area contributed by atoms with Crippen LogP contribution < -0.4 is 15.5 Å². The first-order valence-corrected chi connectivity index (χ1v) is 10.6. The van der Waals surface area contributed by atoms with Gasteiger partial charge < -0.3 is 20.3 Å². The van der Waals surface area contributed by atoms with Gasteiger partial charge in [-0.3, -0.25) is 0 Å². The van der Waals surface area contributed by atoms with Gasteiger partial charge in [-0.25, -0.2) is 9.10 Å². The lowest BCUT2D eigenvalue weighted by Crippen LogP contribution is -2.44. The molecule has 0 spiro atoms. The first-order chi connectivity index (χ1) is 12.9. The average molecular weight is 393 g/mol. The molecule has 0 radical (unpaired) electrons. The van der Waals surface area contributed by atoms with Gasteiger partial charge in [0.05, 0.1) is 0 Å². The lowest BCUT2D eigenvalue weighted by molar-refractivity contribution is 0.0490. The second kappa shape index (κ2) is 9.17. The number of piperidine rings is 1. The molecule has 0 atom stereocenters. The molecule has 1 aromatic carbocycles. The minimum atomic E-state index is -0.448. The van der Waals surface area contributed by atoms with Crippen molar-refractivity contribution < 1.29 is 9.53 Å². The second-order valence-corrected chi connectivity index (χ2v) is 9.35. The summed E-state index contributed by atoms with van der Waals surface area (Å²) in [5.41, 5.74) is 0.860. The number of ether oxygens (including phenoxy) is 1. The van der Waals surface area contributed by atoms with E-state index in [1.807, 2.05) is 32.7 Å². The van der Waals surface area contributed by atoms with Crippen molar-refractivity contribution in [2.45, 2.75) is 50.2 Å². The summed E-state index contributed by atoms with van der Waals surface area (Å²) in [6.07, 6.45) is 1.59. The Balaban J connectivity index is 1.46. The summed E-state index contributed by atoms with van der Waals surface area (Å²) in [5, 5.41) is 6.40. The van der Waals surface area contributed by atoms with Crippen LogP contribution in [0.3, 0.4) is 0 Å². The van der Waals surface area contributed by atoms with Gasteiger partial charge >= 0.3 is 6.09 Å². The quantitative estimate of drug-likeness (QED) is 0.768. The predicted molar refractivity (Wildman–Crippen MR) is 111 cm³/mol. The van der Waals surface area contributed by atoms with Crippen molar-refractivity contribution in [3.63, 3.8) is 0 Å². The van der Waals surface area contributed by atoms with Crippen LogP contribution in [0.1, 0.15) is 33.6 Å². The average Bonchev–Trinajstić information content (AvgIpc) is 2.63. The number of amides is 1. The van der Waals surface area contributed by atoms with Crippen molar-refractivity contribution in [2.75, 3.05) is 44.2 Å². The van der Waals surface area contributed by atoms with E-state index >= 15 is 0 Å². The number of nitrogens with zero attached hydrogens (tertiary/aromatic N) is 2. The number of anilines is 1. The van der Waals surface area contributed by atoms with Gasteiger partial charge in [-0.15, -0.1) is 0 Å². The molecule has 7 heteroatoms. The van der Waals surface area contributed by atoms with Gasteiger partial charge in [0, 0.05) is 55.9 Å². The van der Waals surface area contributed by atoms with Crippen LogP contribution in [0.2, 0.25) is 0 Å². The molecule has 2 heterocycles. The van der Waals surface area contributed by atoms with E-state index in [2.05, 4.69) is 44.1 Å². The highest BCUT2D eigenvalue weighted by Crippen LogP contribution is 2.29. The molecule has 0 aromatic heterocycles. The Bertz CT molecular complexity index is 621. The number of nitrogens with one attached hydrogen (secondary N) is 2. The van der Waals surface area contributed by atoms with Gasteiger partial charge in [0.2, 0.25) is 0 Å². The van der Waals surface area contributed by atoms with Gasteiger partial charge in [0.15, 0.2) is 0 Å². The number of carbonyl (C=O) groups is 1. The summed E-state index contributed by atoms with van der Waals surface area (Å²) in [5.74, 6) is 0. The summed E-state index contributed by atoms with van der Waals surface area (Å²) < 4.78 is 7.75.